The van der Waals surface area contributed by atoms with E-state index in [1.165, 1.54) is 48.5 Å². The molecule has 0 saturated carbocycles. The summed E-state index contributed by atoms with van der Waals surface area (Å²) in [5, 5.41) is 73.2. The second kappa shape index (κ2) is 18.7. The standard InChI is InChI=1S/C14H16N2O4.C7H10N2O2.C7H6O3.H2N2.H2/c17-11-3-1-9(13(19)5-11)7-15-16-8-10-2-4-12(18)6-14(10)20;8-9-4-5-1-2-6(10)3-7(5)11;8-4-5-1-2-6(9)3-7(5)10;1-2;/h1-6,15-20H,7-8H2;1-3,9-11H,4,8H2;1-4,9-10H;1-2H;1H. The molecule has 0 atom stereocenters. The Hall–Kier alpha value is -5.61. The number of carbonyl (C=O) groups excluding carboxylic acids is 1. The summed E-state index contributed by atoms with van der Waals surface area (Å²) in [6.07, 6.45) is 0.523. The number of aromatic hydroxyl groups is 8. The van der Waals surface area contributed by atoms with Gasteiger partial charge in [-0.15, -0.1) is 0 Å². The van der Waals surface area contributed by atoms with Gasteiger partial charge in [0.2, 0.25) is 0 Å². The zero-order chi connectivity index (χ0) is 32.4. The Morgan fingerprint density at radius 2 is 0.884 bits per heavy atom. The molecule has 0 aromatic heterocycles. The van der Waals surface area contributed by atoms with Crippen molar-refractivity contribution in [2.24, 2.45) is 5.84 Å². The number of hydrogen-bond acceptors (Lipinski definition) is 15. The number of phenols is 8. The highest BCUT2D eigenvalue weighted by Gasteiger charge is 2.04. The van der Waals surface area contributed by atoms with Crippen molar-refractivity contribution in [3.8, 4) is 46.0 Å². The summed E-state index contributed by atoms with van der Waals surface area (Å²) >= 11 is 0. The molecule has 0 saturated heterocycles. The van der Waals surface area contributed by atoms with Crippen LogP contribution in [0.2, 0.25) is 0 Å². The van der Waals surface area contributed by atoms with Crippen molar-refractivity contribution < 1.29 is 47.1 Å². The molecule has 0 heterocycles. The molecule has 0 amide bonds. The maximum Gasteiger partial charge on any atom is 0.153 e. The van der Waals surface area contributed by atoms with Gasteiger partial charge in [0, 0.05) is 62.0 Å². The minimum absolute atomic E-state index is 0. The van der Waals surface area contributed by atoms with Crippen LogP contribution in [0, 0.1) is 11.1 Å². The van der Waals surface area contributed by atoms with Gasteiger partial charge in [-0.2, -0.15) is 0 Å². The van der Waals surface area contributed by atoms with Gasteiger partial charge in [-0.25, -0.2) is 11.1 Å². The third-order valence-electron chi connectivity index (χ3n) is 5.32. The lowest BCUT2D eigenvalue weighted by Crippen LogP contribution is -2.30. The average Bonchev–Trinajstić information content (AvgIpc) is 2.96. The van der Waals surface area contributed by atoms with Crippen molar-refractivity contribution in [1.29, 1.82) is 11.1 Å². The predicted molar refractivity (Wildman–Crippen MR) is 157 cm³/mol. The van der Waals surface area contributed by atoms with Crippen LogP contribution in [0.4, 0.5) is 0 Å². The highest BCUT2D eigenvalue weighted by molar-refractivity contribution is 5.79. The first kappa shape index (κ1) is 35.4. The summed E-state index contributed by atoms with van der Waals surface area (Å²) in [6.45, 7) is 1.09. The van der Waals surface area contributed by atoms with E-state index in [0.29, 0.717) is 42.6 Å². The van der Waals surface area contributed by atoms with Gasteiger partial charge in [0.25, 0.3) is 0 Å². The van der Waals surface area contributed by atoms with Crippen molar-refractivity contribution in [2.75, 3.05) is 0 Å². The van der Waals surface area contributed by atoms with Crippen LogP contribution in [0.5, 0.6) is 46.0 Å². The summed E-state index contributed by atoms with van der Waals surface area (Å²) in [4.78, 5) is 10.1. The summed E-state index contributed by atoms with van der Waals surface area (Å²) in [5.41, 5.74) is 20.3. The molecular formula is C28H36N6O9. The van der Waals surface area contributed by atoms with E-state index in [0.717, 1.165) is 6.07 Å². The first-order valence-corrected chi connectivity index (χ1v) is 12.2. The first-order valence-electron chi connectivity index (χ1n) is 12.2. The van der Waals surface area contributed by atoms with Crippen LogP contribution >= 0.6 is 0 Å². The van der Waals surface area contributed by atoms with Crippen LogP contribution in [0.1, 0.15) is 28.5 Å². The van der Waals surface area contributed by atoms with Crippen molar-refractivity contribution in [3.63, 3.8) is 0 Å². The van der Waals surface area contributed by atoms with Gasteiger partial charge in [0.05, 0.1) is 5.56 Å². The largest absolute Gasteiger partial charge is 0.508 e. The van der Waals surface area contributed by atoms with Crippen LogP contribution in [-0.4, -0.2) is 47.1 Å². The van der Waals surface area contributed by atoms with Crippen LogP contribution in [0.15, 0.2) is 72.8 Å². The minimum Gasteiger partial charge on any atom is -0.508 e. The number of hydrogen-bond donors (Lipinski definition) is 14. The van der Waals surface area contributed by atoms with Crippen molar-refractivity contribution in [1.82, 2.24) is 16.3 Å². The molecule has 0 aliphatic rings. The fourth-order valence-corrected chi connectivity index (χ4v) is 3.16. The van der Waals surface area contributed by atoms with E-state index in [9.17, 15) is 15.0 Å². The Labute approximate surface area is 247 Å². The Balaban J connectivity index is 0.000000656. The predicted octanol–water partition coefficient (Wildman–Crippen LogP) is 3.12. The molecule has 0 radical (unpaired) electrons. The summed E-state index contributed by atoms with van der Waals surface area (Å²) < 4.78 is 0. The lowest BCUT2D eigenvalue weighted by molar-refractivity contribution is 0.112. The molecule has 0 aliphatic carbocycles. The van der Waals surface area contributed by atoms with E-state index in [1.54, 1.807) is 18.2 Å². The van der Waals surface area contributed by atoms with E-state index in [-0.39, 0.29) is 53.0 Å². The number of rotatable bonds is 8. The fourth-order valence-electron chi connectivity index (χ4n) is 3.16. The first-order chi connectivity index (χ1) is 20.5. The number of aldehydes is 1. The van der Waals surface area contributed by atoms with E-state index < -0.39 is 0 Å². The highest BCUT2D eigenvalue weighted by Crippen LogP contribution is 2.24. The summed E-state index contributed by atoms with van der Waals surface area (Å²) in [5.74, 6) is 4.91. The molecule has 43 heavy (non-hydrogen) atoms. The van der Waals surface area contributed by atoms with Crippen LogP contribution in [-0.2, 0) is 19.6 Å². The van der Waals surface area contributed by atoms with Crippen LogP contribution in [0.3, 0.4) is 0 Å². The second-order valence-corrected chi connectivity index (χ2v) is 8.39. The van der Waals surface area contributed by atoms with Crippen molar-refractivity contribution in [2.45, 2.75) is 19.6 Å². The lowest BCUT2D eigenvalue weighted by Gasteiger charge is -2.10. The molecule has 15 heteroatoms. The zero-order valence-electron chi connectivity index (χ0n) is 22.7. The van der Waals surface area contributed by atoms with Gasteiger partial charge < -0.3 is 40.9 Å². The summed E-state index contributed by atoms with van der Waals surface area (Å²) in [6, 6.07) is 16.9. The molecule has 0 fully saturated rings. The zero-order valence-corrected chi connectivity index (χ0v) is 22.7. The number of hydrazine groups is 2. The van der Waals surface area contributed by atoms with E-state index in [2.05, 4.69) is 16.3 Å². The number of carbonyl (C=O) groups is 1. The maximum absolute atomic E-state index is 10.1. The van der Waals surface area contributed by atoms with Crippen molar-refractivity contribution in [3.05, 3.63) is 95.1 Å². The monoisotopic (exact) mass is 600 g/mol. The fraction of sp³-hybridized carbons (Fsp3) is 0.107. The number of nitrogens with one attached hydrogen (secondary N) is 5. The van der Waals surface area contributed by atoms with Gasteiger partial charge in [-0.1, -0.05) is 18.2 Å². The molecule has 0 bridgehead atoms. The molecule has 15 N–H and O–H groups in total. The van der Waals surface area contributed by atoms with Gasteiger partial charge in [0.1, 0.15) is 46.0 Å². The number of nitrogens with two attached hydrogens (primary N) is 1. The Kier molecular flexibility index (Phi) is 15.4. The third kappa shape index (κ3) is 12.6. The molecule has 4 rings (SSSR count). The Bertz CT molecular complexity index is 1410. The van der Waals surface area contributed by atoms with Gasteiger partial charge in [0.15, 0.2) is 6.29 Å². The molecule has 15 nitrogen and oxygen atoms in total. The molecule has 232 valence electrons. The number of benzene rings is 4. The van der Waals surface area contributed by atoms with E-state index in [4.69, 9.17) is 47.5 Å². The Morgan fingerprint density at radius 1 is 0.558 bits per heavy atom. The molecular weight excluding hydrogens is 564 g/mol. The SMILES string of the molecule is N=N.NNCc1ccc(O)cc1O.O=Cc1ccc(O)cc1O.Oc1ccc(CNNCc2ccc(O)cc2O)c(O)c1.[HH]. The normalized spacial score (nSPS) is 9.70. The topological polar surface area (TPSA) is 289 Å². The average molecular weight is 601 g/mol. The molecule has 4 aromatic rings. The van der Waals surface area contributed by atoms with Crippen LogP contribution < -0.4 is 22.1 Å². The van der Waals surface area contributed by atoms with Gasteiger partial charge in [-0.05, 0) is 30.3 Å². The quantitative estimate of drug-likeness (QED) is 0.0455. The van der Waals surface area contributed by atoms with Gasteiger partial charge in [-0.3, -0.25) is 26.9 Å². The molecule has 0 spiro atoms. The summed E-state index contributed by atoms with van der Waals surface area (Å²) in [7, 11) is 0. The highest BCUT2D eigenvalue weighted by atomic mass is 16.3. The van der Waals surface area contributed by atoms with Crippen molar-refractivity contribution >= 4 is 6.29 Å². The maximum atomic E-state index is 10.1. The smallest absolute Gasteiger partial charge is 0.153 e. The Morgan fingerprint density at radius 3 is 1.19 bits per heavy atom. The van der Waals surface area contributed by atoms with E-state index in [1.807, 2.05) is 0 Å². The van der Waals surface area contributed by atoms with Gasteiger partial charge >= 0.3 is 0 Å². The number of phenolic OH excluding ortho intramolecular Hbond substituents is 8. The molecule has 4 aromatic carbocycles. The van der Waals surface area contributed by atoms with E-state index >= 15 is 0 Å². The molecule has 0 unspecified atom stereocenters. The minimum atomic E-state index is -0.199. The third-order valence-corrected chi connectivity index (χ3v) is 5.32. The molecule has 0 aliphatic heterocycles. The lowest BCUT2D eigenvalue weighted by atomic mass is 10.2. The van der Waals surface area contributed by atoms with Crippen LogP contribution in [0.25, 0.3) is 0 Å². The second-order valence-electron chi connectivity index (χ2n) is 8.39.